The Morgan fingerprint density at radius 1 is 1.46 bits per heavy atom. The van der Waals surface area contributed by atoms with E-state index in [2.05, 4.69) is 0 Å². The van der Waals surface area contributed by atoms with Crippen LogP contribution in [0.15, 0.2) is 0 Å². The zero-order chi connectivity index (χ0) is 10.1. The van der Waals surface area contributed by atoms with Gasteiger partial charge in [0.2, 0.25) is 0 Å². The molecule has 0 amide bonds. The van der Waals surface area contributed by atoms with Gasteiger partial charge in [-0.05, 0) is 19.3 Å². The second kappa shape index (κ2) is 3.61. The SMILES string of the molecule is NC(N)C1(CC(O)C(=O)O)CCC1. The monoisotopic (exact) mass is 188 g/mol. The average molecular weight is 188 g/mol. The molecule has 1 fully saturated rings. The van der Waals surface area contributed by atoms with E-state index in [1.807, 2.05) is 0 Å². The van der Waals surface area contributed by atoms with Gasteiger partial charge in [0.25, 0.3) is 0 Å². The van der Waals surface area contributed by atoms with E-state index in [0.29, 0.717) is 0 Å². The van der Waals surface area contributed by atoms with Crippen molar-refractivity contribution in [1.82, 2.24) is 0 Å². The Morgan fingerprint density at radius 2 is 2.00 bits per heavy atom. The summed E-state index contributed by atoms with van der Waals surface area (Å²) in [6.07, 6.45) is 0.937. The third-order valence-electron chi connectivity index (χ3n) is 2.94. The molecule has 0 bridgehead atoms. The standard InChI is InChI=1S/C8H16N2O3/c9-7(10)8(2-1-3-8)4-5(11)6(12)13/h5,7,11H,1-4,9-10H2,(H,12,13). The first-order valence-corrected chi connectivity index (χ1v) is 4.40. The predicted octanol–water partition coefficient (Wildman–Crippen LogP) is -0.764. The summed E-state index contributed by atoms with van der Waals surface area (Å²) in [7, 11) is 0. The Morgan fingerprint density at radius 3 is 2.23 bits per heavy atom. The van der Waals surface area contributed by atoms with Crippen molar-refractivity contribution < 1.29 is 15.0 Å². The van der Waals surface area contributed by atoms with E-state index < -0.39 is 18.2 Å². The van der Waals surface area contributed by atoms with Crippen LogP contribution in [0.4, 0.5) is 0 Å². The van der Waals surface area contributed by atoms with Crippen LogP contribution in [-0.4, -0.2) is 28.5 Å². The number of nitrogens with two attached hydrogens (primary N) is 2. The van der Waals surface area contributed by atoms with Crippen LogP contribution in [0.25, 0.3) is 0 Å². The van der Waals surface area contributed by atoms with Crippen molar-refractivity contribution in [2.45, 2.75) is 38.0 Å². The quantitative estimate of drug-likeness (QED) is 0.433. The predicted molar refractivity (Wildman–Crippen MR) is 46.7 cm³/mol. The lowest BCUT2D eigenvalue weighted by atomic mass is 9.64. The molecular formula is C8H16N2O3. The highest BCUT2D eigenvalue weighted by atomic mass is 16.4. The Hall–Kier alpha value is -0.650. The average Bonchev–Trinajstić information content (AvgIpc) is 1.95. The van der Waals surface area contributed by atoms with Crippen molar-refractivity contribution in [3.63, 3.8) is 0 Å². The molecule has 0 aromatic heterocycles. The van der Waals surface area contributed by atoms with Gasteiger partial charge in [0.15, 0.2) is 6.10 Å². The van der Waals surface area contributed by atoms with Gasteiger partial charge in [-0.15, -0.1) is 0 Å². The first kappa shape index (κ1) is 10.4. The van der Waals surface area contributed by atoms with Gasteiger partial charge in [-0.2, -0.15) is 0 Å². The molecular weight excluding hydrogens is 172 g/mol. The smallest absolute Gasteiger partial charge is 0.332 e. The summed E-state index contributed by atoms with van der Waals surface area (Å²) in [4.78, 5) is 10.4. The summed E-state index contributed by atoms with van der Waals surface area (Å²) < 4.78 is 0. The minimum absolute atomic E-state index is 0.167. The van der Waals surface area contributed by atoms with Crippen LogP contribution >= 0.6 is 0 Å². The molecule has 0 radical (unpaired) electrons. The molecule has 1 aliphatic rings. The largest absolute Gasteiger partial charge is 0.479 e. The maximum Gasteiger partial charge on any atom is 0.332 e. The fraction of sp³-hybridized carbons (Fsp3) is 0.875. The van der Waals surface area contributed by atoms with E-state index in [4.69, 9.17) is 21.7 Å². The van der Waals surface area contributed by atoms with Crippen molar-refractivity contribution in [3.05, 3.63) is 0 Å². The van der Waals surface area contributed by atoms with Crippen LogP contribution in [-0.2, 0) is 4.79 Å². The number of aliphatic carboxylic acids is 1. The van der Waals surface area contributed by atoms with Crippen molar-refractivity contribution in [2.24, 2.45) is 16.9 Å². The van der Waals surface area contributed by atoms with E-state index in [1.54, 1.807) is 0 Å². The number of carboxylic acid groups (broad SMARTS) is 1. The summed E-state index contributed by atoms with van der Waals surface area (Å²) in [5.74, 6) is -1.20. The van der Waals surface area contributed by atoms with E-state index in [9.17, 15) is 4.79 Å². The van der Waals surface area contributed by atoms with Gasteiger partial charge in [-0.25, -0.2) is 4.79 Å². The Bertz CT molecular complexity index is 202. The number of aliphatic hydroxyl groups excluding tert-OH is 1. The van der Waals surface area contributed by atoms with Crippen molar-refractivity contribution >= 4 is 5.97 Å². The van der Waals surface area contributed by atoms with Crippen LogP contribution in [0.5, 0.6) is 0 Å². The Balaban J connectivity index is 2.54. The van der Waals surface area contributed by atoms with E-state index in [1.165, 1.54) is 0 Å². The maximum atomic E-state index is 10.4. The number of hydrogen-bond acceptors (Lipinski definition) is 4. The molecule has 76 valence electrons. The first-order valence-electron chi connectivity index (χ1n) is 4.40. The summed E-state index contributed by atoms with van der Waals surface area (Å²) in [5, 5.41) is 17.7. The highest BCUT2D eigenvalue weighted by Crippen LogP contribution is 2.45. The van der Waals surface area contributed by atoms with Crippen LogP contribution in [0.3, 0.4) is 0 Å². The Kier molecular flexibility index (Phi) is 2.90. The lowest BCUT2D eigenvalue weighted by molar-refractivity contribution is -0.149. The zero-order valence-corrected chi connectivity index (χ0v) is 7.44. The van der Waals surface area contributed by atoms with Crippen molar-refractivity contribution in [2.75, 3.05) is 0 Å². The number of carbonyl (C=O) groups is 1. The molecule has 0 aromatic rings. The van der Waals surface area contributed by atoms with Gasteiger partial charge in [0, 0.05) is 5.41 Å². The molecule has 1 rings (SSSR count). The molecule has 6 N–H and O–H groups in total. The minimum atomic E-state index is -1.34. The number of hydrogen-bond donors (Lipinski definition) is 4. The van der Waals surface area contributed by atoms with Gasteiger partial charge in [-0.1, -0.05) is 6.42 Å². The molecule has 1 aliphatic carbocycles. The first-order chi connectivity index (χ1) is 5.98. The van der Waals surface area contributed by atoms with Crippen molar-refractivity contribution in [3.8, 4) is 0 Å². The van der Waals surface area contributed by atoms with Gasteiger partial charge >= 0.3 is 5.97 Å². The molecule has 0 aromatic carbocycles. The van der Waals surface area contributed by atoms with Gasteiger partial charge in [-0.3, -0.25) is 0 Å². The molecule has 5 heteroatoms. The fourth-order valence-corrected chi connectivity index (χ4v) is 1.78. The summed E-state index contributed by atoms with van der Waals surface area (Å²) in [6.45, 7) is 0. The summed E-state index contributed by atoms with van der Waals surface area (Å²) in [6, 6.07) is 0. The third kappa shape index (κ3) is 1.99. The molecule has 13 heavy (non-hydrogen) atoms. The van der Waals surface area contributed by atoms with Crippen LogP contribution < -0.4 is 11.5 Å². The normalized spacial score (nSPS) is 22.5. The molecule has 0 heterocycles. The van der Waals surface area contributed by atoms with E-state index in [-0.39, 0.29) is 11.8 Å². The molecule has 0 aliphatic heterocycles. The van der Waals surface area contributed by atoms with Gasteiger partial charge in [0.1, 0.15) is 0 Å². The lowest BCUT2D eigenvalue weighted by Gasteiger charge is -2.45. The molecule has 1 saturated carbocycles. The number of carboxylic acids is 1. The highest BCUT2D eigenvalue weighted by molar-refractivity contribution is 5.71. The number of rotatable bonds is 4. The third-order valence-corrected chi connectivity index (χ3v) is 2.94. The van der Waals surface area contributed by atoms with Crippen LogP contribution in [0.1, 0.15) is 25.7 Å². The van der Waals surface area contributed by atoms with Crippen LogP contribution in [0, 0.1) is 5.41 Å². The molecule has 1 unspecified atom stereocenters. The zero-order valence-electron chi connectivity index (χ0n) is 7.44. The second-order valence-corrected chi connectivity index (χ2v) is 3.80. The molecule has 1 atom stereocenters. The second-order valence-electron chi connectivity index (χ2n) is 3.80. The topological polar surface area (TPSA) is 110 Å². The lowest BCUT2D eigenvalue weighted by Crippen LogP contribution is -2.54. The summed E-state index contributed by atoms with van der Waals surface area (Å²) in [5.41, 5.74) is 10.8. The van der Waals surface area contributed by atoms with Crippen molar-refractivity contribution in [1.29, 1.82) is 0 Å². The highest BCUT2D eigenvalue weighted by Gasteiger charge is 2.43. The maximum absolute atomic E-state index is 10.4. The summed E-state index contributed by atoms with van der Waals surface area (Å²) >= 11 is 0. The number of aliphatic hydroxyl groups is 1. The Labute approximate surface area is 76.7 Å². The fourth-order valence-electron chi connectivity index (χ4n) is 1.78. The molecule has 0 spiro atoms. The minimum Gasteiger partial charge on any atom is -0.479 e. The molecule has 0 saturated heterocycles. The van der Waals surface area contributed by atoms with E-state index >= 15 is 0 Å². The van der Waals surface area contributed by atoms with Gasteiger partial charge < -0.3 is 21.7 Å². The van der Waals surface area contributed by atoms with Gasteiger partial charge in [0.05, 0.1) is 6.17 Å². The van der Waals surface area contributed by atoms with Crippen LogP contribution in [0.2, 0.25) is 0 Å². The van der Waals surface area contributed by atoms with E-state index in [0.717, 1.165) is 19.3 Å². The molecule has 5 nitrogen and oxygen atoms in total.